The number of alkyl halides is 1. The molecule has 19 heavy (non-hydrogen) atoms. The summed E-state index contributed by atoms with van der Waals surface area (Å²) in [6, 6.07) is 0. The van der Waals surface area contributed by atoms with E-state index in [1.54, 1.807) is 0 Å². The normalized spacial score (nSPS) is 18.1. The van der Waals surface area contributed by atoms with Crippen molar-refractivity contribution in [2.75, 3.05) is 11.5 Å². The van der Waals surface area contributed by atoms with E-state index in [2.05, 4.69) is 0 Å². The van der Waals surface area contributed by atoms with Gasteiger partial charge in [-0.3, -0.25) is 0 Å². The minimum absolute atomic E-state index is 0. The predicted molar refractivity (Wildman–Crippen MR) is 60.7 cm³/mol. The molecule has 0 radical (unpaired) electrons. The largest absolute Gasteiger partial charge is 1.00 e. The van der Waals surface area contributed by atoms with Crippen LogP contribution in [0.4, 0.5) is 19.4 Å². The molecule has 1 atom stereocenters. The maximum absolute atomic E-state index is 12.0. The van der Waals surface area contributed by atoms with Crippen molar-refractivity contribution in [1.29, 1.82) is 0 Å². The summed E-state index contributed by atoms with van der Waals surface area (Å²) in [5.41, 5.74) is 0. The van der Waals surface area contributed by atoms with Crippen LogP contribution >= 0.6 is 21.8 Å². The van der Waals surface area contributed by atoms with Gasteiger partial charge in [-0.25, -0.2) is 8.42 Å². The summed E-state index contributed by atoms with van der Waals surface area (Å²) in [5, 5.41) is -1.74. The third-order valence-electron chi connectivity index (χ3n) is 1.91. The van der Waals surface area contributed by atoms with Gasteiger partial charge in [-0.2, -0.15) is 0 Å². The van der Waals surface area contributed by atoms with Gasteiger partial charge in [-0.05, 0) is 12.8 Å². The van der Waals surface area contributed by atoms with Crippen molar-refractivity contribution in [2.24, 2.45) is 0 Å². The van der Waals surface area contributed by atoms with Crippen LogP contribution in [0.5, 0.6) is 0 Å². The Morgan fingerprint density at radius 2 is 1.53 bits per heavy atom. The number of unbranched alkanes of at least 4 members (excludes halogenated alkanes) is 2. The van der Waals surface area contributed by atoms with Crippen LogP contribution in [-0.2, 0) is 10.1 Å². The smallest absolute Gasteiger partial charge is 0.748 e. The summed E-state index contributed by atoms with van der Waals surface area (Å²) in [7, 11) is -13.8. The standard InChI is InChI=1S/C7H14ClF5O3S2.Na/c8-7(6-18(9,10,11,12)13)4-2-1-3-5-17(14,15)16;/h7H,1-6H2,(H,14,15,16);/q;+1/p-1. The minimum Gasteiger partial charge on any atom is -0.748 e. The molecule has 12 heteroatoms. The Balaban J connectivity index is 0. The van der Waals surface area contributed by atoms with Crippen LogP contribution in [0.25, 0.3) is 0 Å². The molecule has 0 saturated heterocycles. The third-order valence-corrected chi connectivity index (χ3v) is 4.28. The predicted octanol–water partition coefficient (Wildman–Crippen LogP) is 1.00. The van der Waals surface area contributed by atoms with Crippen LogP contribution in [0.3, 0.4) is 0 Å². The first-order valence-electron chi connectivity index (χ1n) is 4.88. The Labute approximate surface area is 136 Å². The van der Waals surface area contributed by atoms with Gasteiger partial charge in [-0.15, -0.1) is 11.6 Å². The molecule has 0 aliphatic heterocycles. The average Bonchev–Trinajstić information content (AvgIpc) is 1.94. The Hall–Kier alpha value is 1.20. The molecular formula is C7H13ClF5NaO3S2. The first kappa shape index (κ1) is 22.5. The second kappa shape index (κ2) is 6.53. The summed E-state index contributed by atoms with van der Waals surface area (Å²) in [6.07, 6.45) is -0.138. The van der Waals surface area contributed by atoms with Crippen molar-refractivity contribution < 1.29 is 62.0 Å². The Morgan fingerprint density at radius 3 is 1.89 bits per heavy atom. The van der Waals surface area contributed by atoms with Gasteiger partial charge in [0, 0.05) is 5.75 Å². The zero-order valence-electron chi connectivity index (χ0n) is 10.1. The first-order chi connectivity index (χ1) is 7.58. The van der Waals surface area contributed by atoms with Crippen molar-refractivity contribution in [3.05, 3.63) is 0 Å². The van der Waals surface area contributed by atoms with E-state index in [-0.39, 0.29) is 55.2 Å². The number of rotatable bonds is 8. The topological polar surface area (TPSA) is 57.2 Å². The van der Waals surface area contributed by atoms with Crippen LogP contribution < -0.4 is 29.6 Å². The van der Waals surface area contributed by atoms with E-state index in [0.29, 0.717) is 0 Å². The van der Waals surface area contributed by atoms with E-state index in [4.69, 9.17) is 11.6 Å². The van der Waals surface area contributed by atoms with Crippen molar-refractivity contribution >= 4 is 31.9 Å². The summed E-state index contributed by atoms with van der Waals surface area (Å²) in [4.78, 5) is 0. The van der Waals surface area contributed by atoms with Gasteiger partial charge in [0.1, 0.15) is 5.75 Å². The molecule has 0 N–H and O–H groups in total. The fourth-order valence-corrected chi connectivity index (χ4v) is 3.52. The summed E-state index contributed by atoms with van der Waals surface area (Å²) in [6.45, 7) is 0. The number of halogens is 6. The molecule has 0 amide bonds. The molecule has 0 aliphatic rings. The van der Waals surface area contributed by atoms with Crippen LogP contribution in [0.1, 0.15) is 25.7 Å². The zero-order chi connectivity index (χ0) is 14.7. The van der Waals surface area contributed by atoms with Crippen molar-refractivity contribution in [3.8, 4) is 0 Å². The van der Waals surface area contributed by atoms with Crippen LogP contribution in [0.2, 0.25) is 0 Å². The van der Waals surface area contributed by atoms with Crippen molar-refractivity contribution in [1.82, 2.24) is 0 Å². The molecule has 0 fully saturated rings. The molecule has 0 heterocycles. The number of hydrogen-bond donors (Lipinski definition) is 0. The summed E-state index contributed by atoms with van der Waals surface area (Å²) in [5.74, 6) is -2.96. The molecular weight excluding hydrogens is 350 g/mol. The minimum atomic E-state index is -9.49. The van der Waals surface area contributed by atoms with Gasteiger partial charge in [0.25, 0.3) is 10.2 Å². The number of hydrogen-bond acceptors (Lipinski definition) is 3. The van der Waals surface area contributed by atoms with Gasteiger partial charge < -0.3 is 4.55 Å². The second-order valence-corrected chi connectivity index (χ2v) is 8.74. The Bertz CT molecular complexity index is 384. The fourth-order valence-electron chi connectivity index (χ4n) is 1.25. The van der Waals surface area contributed by atoms with Gasteiger partial charge in [0.05, 0.1) is 15.5 Å². The van der Waals surface area contributed by atoms with Crippen LogP contribution in [-0.4, -0.2) is 29.9 Å². The third kappa shape index (κ3) is 19.2. The molecule has 0 spiro atoms. The Morgan fingerprint density at radius 1 is 1.05 bits per heavy atom. The molecule has 0 aromatic rings. The van der Waals surface area contributed by atoms with Gasteiger partial charge in [-0.1, -0.05) is 32.3 Å². The van der Waals surface area contributed by atoms with E-state index < -0.39 is 37.2 Å². The van der Waals surface area contributed by atoms with E-state index in [9.17, 15) is 32.4 Å². The molecule has 0 rings (SSSR count). The van der Waals surface area contributed by atoms with E-state index in [0.717, 1.165) is 0 Å². The summed E-state index contributed by atoms with van der Waals surface area (Å²) < 4.78 is 90.5. The molecule has 114 valence electrons. The summed E-state index contributed by atoms with van der Waals surface area (Å²) >= 11 is 5.16. The molecule has 0 bridgehead atoms. The second-order valence-electron chi connectivity index (χ2n) is 4.00. The maximum atomic E-state index is 12.0. The van der Waals surface area contributed by atoms with Crippen molar-refractivity contribution in [2.45, 2.75) is 31.1 Å². The molecule has 1 unspecified atom stereocenters. The SMILES string of the molecule is O=S(=O)([O-])CCCCCC(Cl)CS(F)(F)(F)(F)F.[Na+]. The molecule has 0 aromatic carbocycles. The first-order valence-corrected chi connectivity index (χ1v) is 9.02. The quantitative estimate of drug-likeness (QED) is 0.213. The monoisotopic (exact) mass is 362 g/mol. The molecule has 0 saturated carbocycles. The fraction of sp³-hybridized carbons (Fsp3) is 1.00. The van der Waals surface area contributed by atoms with Crippen LogP contribution in [0, 0.1) is 0 Å². The van der Waals surface area contributed by atoms with Gasteiger partial charge >= 0.3 is 29.6 Å². The van der Waals surface area contributed by atoms with Crippen molar-refractivity contribution in [3.63, 3.8) is 0 Å². The van der Waals surface area contributed by atoms with Gasteiger partial charge in [0.15, 0.2) is 0 Å². The maximum Gasteiger partial charge on any atom is 1.00 e. The van der Waals surface area contributed by atoms with Crippen LogP contribution in [0.15, 0.2) is 0 Å². The molecule has 0 aliphatic carbocycles. The molecule has 0 aromatic heterocycles. The van der Waals surface area contributed by atoms with E-state index in [1.165, 1.54) is 0 Å². The van der Waals surface area contributed by atoms with Gasteiger partial charge in [0.2, 0.25) is 0 Å². The average molecular weight is 363 g/mol. The van der Waals surface area contributed by atoms with E-state index in [1.807, 2.05) is 0 Å². The van der Waals surface area contributed by atoms with E-state index >= 15 is 0 Å². The Kier molecular flexibility index (Phi) is 7.73. The molecule has 3 nitrogen and oxygen atoms in total. The zero-order valence-corrected chi connectivity index (χ0v) is 14.5.